The van der Waals surface area contributed by atoms with E-state index in [0.29, 0.717) is 13.2 Å². The van der Waals surface area contributed by atoms with Crippen molar-refractivity contribution in [1.82, 2.24) is 0 Å². The number of epoxide rings is 1. The van der Waals surface area contributed by atoms with Gasteiger partial charge in [-0.25, -0.2) is 0 Å². The predicted octanol–water partition coefficient (Wildman–Crippen LogP) is 1.09. The SMILES string of the molecule is c1ccc(CO[C@@H]2[C@@H]3O[C@@H]3[C@@H]3OC[C@H]2O3)cc1. The largest absolute Gasteiger partial charge is 0.368 e. The van der Waals surface area contributed by atoms with E-state index in [-0.39, 0.29) is 30.7 Å². The van der Waals surface area contributed by atoms with E-state index in [2.05, 4.69) is 12.1 Å². The van der Waals surface area contributed by atoms with Gasteiger partial charge < -0.3 is 18.9 Å². The van der Waals surface area contributed by atoms with Crippen molar-refractivity contribution < 1.29 is 18.9 Å². The highest BCUT2D eigenvalue weighted by Crippen LogP contribution is 2.43. The lowest BCUT2D eigenvalue weighted by molar-refractivity contribution is -0.121. The van der Waals surface area contributed by atoms with Gasteiger partial charge in [0.1, 0.15) is 24.4 Å². The van der Waals surface area contributed by atoms with Crippen LogP contribution in [-0.2, 0) is 25.6 Å². The first kappa shape index (κ1) is 10.0. The van der Waals surface area contributed by atoms with Crippen molar-refractivity contribution in [2.45, 2.75) is 37.3 Å². The maximum absolute atomic E-state index is 5.92. The van der Waals surface area contributed by atoms with Gasteiger partial charge in [0.2, 0.25) is 0 Å². The van der Waals surface area contributed by atoms with E-state index < -0.39 is 0 Å². The molecule has 0 N–H and O–H groups in total. The summed E-state index contributed by atoms with van der Waals surface area (Å²) in [7, 11) is 0. The molecule has 4 rings (SSSR count). The Labute approximate surface area is 99.4 Å². The average molecular weight is 234 g/mol. The normalized spacial score (nSPS) is 42.2. The Hall–Kier alpha value is -0.940. The molecule has 3 aliphatic heterocycles. The fourth-order valence-electron chi connectivity index (χ4n) is 2.58. The molecule has 2 bridgehead atoms. The van der Waals surface area contributed by atoms with Gasteiger partial charge in [-0.15, -0.1) is 0 Å². The summed E-state index contributed by atoms with van der Waals surface area (Å²) in [6.07, 6.45) is 0.160. The number of hydrogen-bond acceptors (Lipinski definition) is 4. The topological polar surface area (TPSA) is 40.2 Å². The molecule has 0 saturated carbocycles. The number of ether oxygens (including phenoxy) is 4. The average Bonchev–Trinajstić information content (AvgIpc) is 3.05. The van der Waals surface area contributed by atoms with Crippen LogP contribution in [0.3, 0.4) is 0 Å². The first-order valence-corrected chi connectivity index (χ1v) is 6.00. The van der Waals surface area contributed by atoms with E-state index in [9.17, 15) is 0 Å². The highest BCUT2D eigenvalue weighted by Gasteiger charge is 2.62. The Balaban J connectivity index is 1.43. The fraction of sp³-hybridized carbons (Fsp3) is 0.538. The molecule has 17 heavy (non-hydrogen) atoms. The Bertz CT molecular complexity index is 407. The lowest BCUT2D eigenvalue weighted by atomic mass is 10.1. The number of benzene rings is 1. The zero-order valence-corrected chi connectivity index (χ0v) is 9.32. The summed E-state index contributed by atoms with van der Waals surface area (Å²) in [4.78, 5) is 0. The maximum Gasteiger partial charge on any atom is 0.187 e. The van der Waals surface area contributed by atoms with Crippen LogP contribution >= 0.6 is 0 Å². The van der Waals surface area contributed by atoms with Crippen LogP contribution in [0.5, 0.6) is 0 Å². The van der Waals surface area contributed by atoms with E-state index >= 15 is 0 Å². The third-order valence-corrected chi connectivity index (χ3v) is 3.54. The van der Waals surface area contributed by atoms with Crippen LogP contribution in [0, 0.1) is 0 Å². The van der Waals surface area contributed by atoms with Crippen molar-refractivity contribution in [3.63, 3.8) is 0 Å². The van der Waals surface area contributed by atoms with Crippen molar-refractivity contribution in [3.8, 4) is 0 Å². The Morgan fingerprint density at radius 2 is 2.00 bits per heavy atom. The summed E-state index contributed by atoms with van der Waals surface area (Å²) < 4.78 is 22.6. The predicted molar refractivity (Wildman–Crippen MR) is 58.3 cm³/mol. The Morgan fingerprint density at radius 1 is 1.12 bits per heavy atom. The summed E-state index contributed by atoms with van der Waals surface area (Å²) in [5.74, 6) is 0. The molecule has 0 aromatic heterocycles. The van der Waals surface area contributed by atoms with E-state index in [1.54, 1.807) is 0 Å². The molecule has 1 aromatic rings. The van der Waals surface area contributed by atoms with Gasteiger partial charge in [-0.3, -0.25) is 0 Å². The van der Waals surface area contributed by atoms with Gasteiger partial charge in [-0.1, -0.05) is 30.3 Å². The second-order valence-corrected chi connectivity index (χ2v) is 4.70. The first-order valence-electron chi connectivity index (χ1n) is 6.00. The number of fused-ring (bicyclic) bond motifs is 4. The van der Waals surface area contributed by atoms with Crippen LogP contribution in [0.2, 0.25) is 0 Å². The minimum absolute atomic E-state index is 0.0129. The number of hydrogen-bond donors (Lipinski definition) is 0. The van der Waals surface area contributed by atoms with Gasteiger partial charge in [0.25, 0.3) is 0 Å². The molecule has 4 heteroatoms. The van der Waals surface area contributed by atoms with Crippen LogP contribution in [0.4, 0.5) is 0 Å². The third kappa shape index (κ3) is 1.68. The van der Waals surface area contributed by atoms with Crippen LogP contribution in [0.25, 0.3) is 0 Å². The highest BCUT2D eigenvalue weighted by molar-refractivity contribution is 5.14. The van der Waals surface area contributed by atoms with Crippen LogP contribution in [0.15, 0.2) is 30.3 Å². The summed E-state index contributed by atoms with van der Waals surface area (Å²) in [6.45, 7) is 1.23. The van der Waals surface area contributed by atoms with E-state index in [1.165, 1.54) is 5.56 Å². The molecule has 3 heterocycles. The monoisotopic (exact) mass is 234 g/mol. The van der Waals surface area contributed by atoms with E-state index in [1.807, 2.05) is 18.2 Å². The van der Waals surface area contributed by atoms with E-state index in [4.69, 9.17) is 18.9 Å². The molecule has 3 fully saturated rings. The minimum Gasteiger partial charge on any atom is -0.368 e. The second kappa shape index (κ2) is 3.78. The molecule has 5 atom stereocenters. The zero-order valence-electron chi connectivity index (χ0n) is 9.32. The van der Waals surface area contributed by atoms with Gasteiger partial charge >= 0.3 is 0 Å². The van der Waals surface area contributed by atoms with Crippen molar-refractivity contribution in [3.05, 3.63) is 35.9 Å². The van der Waals surface area contributed by atoms with Gasteiger partial charge in [-0.2, -0.15) is 0 Å². The number of rotatable bonds is 3. The van der Waals surface area contributed by atoms with Gasteiger partial charge in [0, 0.05) is 0 Å². The molecule has 0 radical (unpaired) electrons. The molecule has 1 aromatic carbocycles. The zero-order chi connectivity index (χ0) is 11.2. The minimum atomic E-state index is -0.151. The van der Waals surface area contributed by atoms with Crippen LogP contribution < -0.4 is 0 Å². The van der Waals surface area contributed by atoms with Crippen molar-refractivity contribution in [2.75, 3.05) is 6.61 Å². The van der Waals surface area contributed by atoms with Gasteiger partial charge in [0.15, 0.2) is 6.29 Å². The van der Waals surface area contributed by atoms with Crippen LogP contribution in [0.1, 0.15) is 5.56 Å². The summed E-state index contributed by atoms with van der Waals surface area (Å²) in [6, 6.07) is 10.1. The Kier molecular flexibility index (Phi) is 2.23. The summed E-state index contributed by atoms with van der Waals surface area (Å²) in [5.41, 5.74) is 1.17. The maximum atomic E-state index is 5.92. The van der Waals surface area contributed by atoms with Crippen molar-refractivity contribution >= 4 is 0 Å². The highest BCUT2D eigenvalue weighted by atomic mass is 16.8. The molecule has 3 saturated heterocycles. The molecule has 3 aliphatic rings. The summed E-state index contributed by atoms with van der Waals surface area (Å²) in [5, 5.41) is 0. The molecule has 4 nitrogen and oxygen atoms in total. The molecular weight excluding hydrogens is 220 g/mol. The molecule has 90 valence electrons. The van der Waals surface area contributed by atoms with Gasteiger partial charge in [0.05, 0.1) is 13.2 Å². The quantitative estimate of drug-likeness (QED) is 0.734. The van der Waals surface area contributed by atoms with Crippen molar-refractivity contribution in [2.24, 2.45) is 0 Å². The van der Waals surface area contributed by atoms with Crippen molar-refractivity contribution in [1.29, 1.82) is 0 Å². The Morgan fingerprint density at radius 3 is 2.88 bits per heavy atom. The van der Waals surface area contributed by atoms with Crippen LogP contribution in [-0.4, -0.2) is 37.3 Å². The third-order valence-electron chi connectivity index (χ3n) is 3.54. The molecule has 0 amide bonds. The molecule has 0 aliphatic carbocycles. The standard InChI is InChI=1S/C13H14O4/c1-2-4-8(5-3-1)6-14-10-9-7-15-13(16-9)12-11(10)17-12/h1-5,9-13H,6-7H2/t9-,10+,11+,12+,13-/m1/s1. The summed E-state index contributed by atoms with van der Waals surface area (Å²) >= 11 is 0. The van der Waals surface area contributed by atoms with Gasteiger partial charge in [-0.05, 0) is 5.56 Å². The molecule has 0 spiro atoms. The fourth-order valence-corrected chi connectivity index (χ4v) is 2.58. The molecular formula is C13H14O4. The smallest absolute Gasteiger partial charge is 0.187 e. The van der Waals surface area contributed by atoms with E-state index in [0.717, 1.165) is 0 Å². The lowest BCUT2D eigenvalue weighted by Gasteiger charge is -2.24. The second-order valence-electron chi connectivity index (χ2n) is 4.70. The molecule has 0 unspecified atom stereocenters. The first-order chi connectivity index (χ1) is 8.42. The lowest BCUT2D eigenvalue weighted by Crippen LogP contribution is -2.41.